The summed E-state index contributed by atoms with van der Waals surface area (Å²) < 4.78 is 2.96. The summed E-state index contributed by atoms with van der Waals surface area (Å²) in [6, 6.07) is 1.86. The van der Waals surface area contributed by atoms with Gasteiger partial charge in [-0.15, -0.1) is 0 Å². The Morgan fingerprint density at radius 2 is 2.31 bits per heavy atom. The zero-order valence-corrected chi connectivity index (χ0v) is 11.3. The number of fused-ring (bicyclic) bond motifs is 1. The number of rotatable bonds is 3. The van der Waals surface area contributed by atoms with Gasteiger partial charge in [-0.05, 0) is 48.3 Å². The third-order valence-electron chi connectivity index (χ3n) is 2.56. The molecule has 0 aliphatic rings. The molecule has 0 aromatic carbocycles. The van der Waals surface area contributed by atoms with Gasteiger partial charge in [-0.2, -0.15) is 0 Å². The maximum Gasteiger partial charge on any atom is 0.151 e. The number of halogens is 2. The fourth-order valence-corrected chi connectivity index (χ4v) is 2.67. The highest BCUT2D eigenvalue weighted by Gasteiger charge is 2.11. The van der Waals surface area contributed by atoms with Gasteiger partial charge in [0.05, 0.1) is 15.2 Å². The monoisotopic (exact) mass is 301 g/mol. The molecule has 0 radical (unpaired) electrons. The lowest BCUT2D eigenvalue weighted by Crippen LogP contribution is -2.03. The maximum absolute atomic E-state index is 6.04. The van der Waals surface area contributed by atoms with Crippen LogP contribution < -0.4 is 5.73 Å². The predicted molar refractivity (Wildman–Crippen MR) is 70.0 cm³/mol. The van der Waals surface area contributed by atoms with E-state index in [9.17, 15) is 0 Å². The van der Waals surface area contributed by atoms with Crippen LogP contribution in [0.15, 0.2) is 16.7 Å². The van der Waals surface area contributed by atoms with E-state index in [2.05, 4.69) is 20.9 Å². The van der Waals surface area contributed by atoms with Crippen LogP contribution in [0.5, 0.6) is 0 Å². The predicted octanol–water partition coefficient (Wildman–Crippen LogP) is 2.95. The summed E-state index contributed by atoms with van der Waals surface area (Å²) in [5, 5.41) is 0.700. The van der Waals surface area contributed by atoms with Gasteiger partial charge in [0.1, 0.15) is 0 Å². The summed E-state index contributed by atoms with van der Waals surface area (Å²) in [5.74, 6) is 0. The quantitative estimate of drug-likeness (QED) is 0.947. The van der Waals surface area contributed by atoms with Crippen LogP contribution in [-0.2, 0) is 6.42 Å². The molecule has 86 valence electrons. The number of nitrogens with zero attached hydrogens (tertiary/aromatic N) is 2. The molecule has 16 heavy (non-hydrogen) atoms. The largest absolute Gasteiger partial charge is 0.330 e. The fraction of sp³-hybridized carbons (Fsp3) is 0.364. The topological polar surface area (TPSA) is 43.3 Å². The first-order chi connectivity index (χ1) is 7.63. The first kappa shape index (κ1) is 11.9. The molecule has 3 nitrogen and oxygen atoms in total. The summed E-state index contributed by atoms with van der Waals surface area (Å²) in [7, 11) is 0. The molecule has 0 saturated carbocycles. The number of aryl methyl sites for hydroxylation is 2. The Balaban J connectivity index is 2.59. The Hall–Kier alpha value is -0.580. The standard InChI is InChI=1S/C11H13BrClN3/c1-7-10(3-2-4-14)16-6-8(13)5-9(12)11(16)15-7/h5-6H,2-4,14H2,1H3. The molecule has 0 amide bonds. The molecule has 0 unspecified atom stereocenters. The van der Waals surface area contributed by atoms with E-state index in [1.54, 1.807) is 0 Å². The van der Waals surface area contributed by atoms with Crippen molar-refractivity contribution in [1.82, 2.24) is 9.38 Å². The molecule has 0 fully saturated rings. The molecule has 5 heteroatoms. The molecule has 2 N–H and O–H groups in total. The zero-order chi connectivity index (χ0) is 11.7. The average Bonchev–Trinajstić information content (AvgIpc) is 2.53. The van der Waals surface area contributed by atoms with E-state index in [0.29, 0.717) is 11.6 Å². The van der Waals surface area contributed by atoms with Gasteiger partial charge in [0, 0.05) is 11.9 Å². The molecule has 0 aliphatic carbocycles. The van der Waals surface area contributed by atoms with Crippen molar-refractivity contribution < 1.29 is 0 Å². The number of aromatic nitrogens is 2. The van der Waals surface area contributed by atoms with E-state index in [-0.39, 0.29) is 0 Å². The molecule has 0 saturated heterocycles. The van der Waals surface area contributed by atoms with Crippen LogP contribution in [0.4, 0.5) is 0 Å². The van der Waals surface area contributed by atoms with E-state index in [1.165, 1.54) is 5.69 Å². The highest BCUT2D eigenvalue weighted by Crippen LogP contribution is 2.25. The molecule has 2 heterocycles. The maximum atomic E-state index is 6.04. The fourth-order valence-electron chi connectivity index (χ4n) is 1.80. The number of hydrogen-bond acceptors (Lipinski definition) is 2. The second-order valence-corrected chi connectivity index (χ2v) is 5.03. The van der Waals surface area contributed by atoms with Crippen molar-refractivity contribution in [2.45, 2.75) is 19.8 Å². The van der Waals surface area contributed by atoms with Crippen LogP contribution in [0.2, 0.25) is 5.02 Å². The lowest BCUT2D eigenvalue weighted by Gasteiger charge is -2.03. The molecule has 0 atom stereocenters. The van der Waals surface area contributed by atoms with Crippen LogP contribution in [0.25, 0.3) is 5.65 Å². The number of pyridine rings is 1. The first-order valence-corrected chi connectivity index (χ1v) is 6.33. The van der Waals surface area contributed by atoms with Gasteiger partial charge in [0.2, 0.25) is 0 Å². The molecule has 2 aromatic heterocycles. The van der Waals surface area contributed by atoms with E-state index in [0.717, 1.165) is 28.7 Å². The van der Waals surface area contributed by atoms with Crippen molar-refractivity contribution in [2.75, 3.05) is 6.54 Å². The summed E-state index contributed by atoms with van der Waals surface area (Å²) in [6.07, 6.45) is 3.78. The molecular weight excluding hydrogens is 289 g/mol. The van der Waals surface area contributed by atoms with Crippen molar-refractivity contribution in [3.8, 4) is 0 Å². The van der Waals surface area contributed by atoms with Crippen molar-refractivity contribution in [2.24, 2.45) is 5.73 Å². The van der Waals surface area contributed by atoms with Crippen molar-refractivity contribution in [3.05, 3.63) is 33.1 Å². The summed E-state index contributed by atoms with van der Waals surface area (Å²) in [5.41, 5.74) is 8.67. The minimum atomic E-state index is 0.689. The highest BCUT2D eigenvalue weighted by molar-refractivity contribution is 9.10. The van der Waals surface area contributed by atoms with Crippen LogP contribution >= 0.6 is 27.5 Å². The van der Waals surface area contributed by atoms with Gasteiger partial charge in [-0.25, -0.2) is 4.98 Å². The summed E-state index contributed by atoms with van der Waals surface area (Å²) in [4.78, 5) is 4.52. The lowest BCUT2D eigenvalue weighted by atomic mass is 10.2. The third kappa shape index (κ3) is 2.10. The number of nitrogens with two attached hydrogens (primary N) is 1. The second-order valence-electron chi connectivity index (χ2n) is 3.74. The van der Waals surface area contributed by atoms with E-state index < -0.39 is 0 Å². The Kier molecular flexibility index (Phi) is 3.52. The van der Waals surface area contributed by atoms with E-state index in [1.807, 2.05) is 23.6 Å². The molecule has 0 bridgehead atoms. The normalized spacial score (nSPS) is 11.2. The van der Waals surface area contributed by atoms with Gasteiger partial charge >= 0.3 is 0 Å². The van der Waals surface area contributed by atoms with Gasteiger partial charge in [-0.3, -0.25) is 0 Å². The average molecular weight is 303 g/mol. The van der Waals surface area contributed by atoms with Crippen molar-refractivity contribution >= 4 is 33.2 Å². The van der Waals surface area contributed by atoms with Crippen LogP contribution in [0.3, 0.4) is 0 Å². The number of imidazole rings is 1. The molecule has 2 rings (SSSR count). The molecule has 2 aromatic rings. The van der Waals surface area contributed by atoms with E-state index >= 15 is 0 Å². The van der Waals surface area contributed by atoms with E-state index in [4.69, 9.17) is 17.3 Å². The third-order valence-corrected chi connectivity index (χ3v) is 3.35. The van der Waals surface area contributed by atoms with Crippen LogP contribution in [0, 0.1) is 6.92 Å². The van der Waals surface area contributed by atoms with Crippen LogP contribution in [0.1, 0.15) is 17.8 Å². The minimum Gasteiger partial charge on any atom is -0.330 e. The Labute approximate surface area is 108 Å². The van der Waals surface area contributed by atoms with Crippen molar-refractivity contribution in [1.29, 1.82) is 0 Å². The Bertz CT molecular complexity index is 521. The Morgan fingerprint density at radius 3 is 3.00 bits per heavy atom. The number of hydrogen-bond donors (Lipinski definition) is 1. The SMILES string of the molecule is Cc1nc2c(Br)cc(Cl)cn2c1CCCN. The van der Waals surface area contributed by atoms with Gasteiger partial charge in [0.15, 0.2) is 5.65 Å². The van der Waals surface area contributed by atoms with Crippen molar-refractivity contribution in [3.63, 3.8) is 0 Å². The smallest absolute Gasteiger partial charge is 0.151 e. The summed E-state index contributed by atoms with van der Waals surface area (Å²) >= 11 is 9.51. The second kappa shape index (κ2) is 4.73. The highest BCUT2D eigenvalue weighted by atomic mass is 79.9. The molecular formula is C11H13BrClN3. The van der Waals surface area contributed by atoms with Gasteiger partial charge < -0.3 is 10.1 Å². The lowest BCUT2D eigenvalue weighted by molar-refractivity contribution is 0.796. The first-order valence-electron chi connectivity index (χ1n) is 5.16. The summed E-state index contributed by atoms with van der Waals surface area (Å²) in [6.45, 7) is 2.70. The Morgan fingerprint density at radius 1 is 1.56 bits per heavy atom. The zero-order valence-electron chi connectivity index (χ0n) is 9.00. The van der Waals surface area contributed by atoms with Gasteiger partial charge in [0.25, 0.3) is 0 Å². The molecule has 0 spiro atoms. The van der Waals surface area contributed by atoms with Gasteiger partial charge in [-0.1, -0.05) is 11.6 Å². The van der Waals surface area contributed by atoms with Crippen LogP contribution in [-0.4, -0.2) is 15.9 Å². The minimum absolute atomic E-state index is 0.689. The molecule has 0 aliphatic heterocycles.